The summed E-state index contributed by atoms with van der Waals surface area (Å²) in [6, 6.07) is 0. The Kier molecular flexibility index (Phi) is 26.5. The van der Waals surface area contributed by atoms with Crippen molar-refractivity contribution >= 4 is 10.4 Å². The number of hydrogen-bond donors (Lipinski definition) is 2. The molecule has 5 nitrogen and oxygen atoms in total. The minimum absolute atomic E-state index is 0. The maximum atomic E-state index is 8.74. The molecule has 21 heavy (non-hydrogen) atoms. The molecule has 0 saturated heterocycles. The van der Waals surface area contributed by atoms with Crippen LogP contribution in [0, 0.1) is 0 Å². The van der Waals surface area contributed by atoms with Crippen molar-refractivity contribution in [3.63, 3.8) is 0 Å². The first-order chi connectivity index (χ1) is 9.41. The molecule has 0 aliphatic carbocycles. The number of rotatable bonds is 12. The second-order valence-corrected chi connectivity index (χ2v) is 5.72. The van der Waals surface area contributed by atoms with E-state index in [4.69, 9.17) is 22.3 Å². The van der Waals surface area contributed by atoms with Gasteiger partial charge in [-0.1, -0.05) is 64.7 Å². The fourth-order valence-corrected chi connectivity index (χ4v) is 1.84. The molecule has 0 amide bonds. The van der Waals surface area contributed by atoms with Gasteiger partial charge in [0.15, 0.2) is 0 Å². The molecule has 0 bridgehead atoms. The van der Waals surface area contributed by atoms with E-state index < -0.39 is 10.4 Å². The summed E-state index contributed by atoms with van der Waals surface area (Å²) in [4.78, 5) is 0. The van der Waals surface area contributed by atoms with E-state index in [1.165, 1.54) is 64.2 Å². The largest absolute Gasteiger partial charge is 1.00 e. The molecule has 2 N–H and O–H groups in total. The second kappa shape index (κ2) is 20.8. The summed E-state index contributed by atoms with van der Waals surface area (Å²) in [7, 11) is -4.67. The quantitative estimate of drug-likeness (QED) is 0.320. The first kappa shape index (κ1) is 26.7. The van der Waals surface area contributed by atoms with E-state index in [2.05, 4.69) is 13.8 Å². The Morgan fingerprint density at radius 1 is 0.810 bits per heavy atom. The van der Waals surface area contributed by atoms with E-state index >= 15 is 0 Å². The van der Waals surface area contributed by atoms with E-state index in [-0.39, 0.29) is 31.0 Å². The molecule has 0 aliphatic rings. The first-order valence-corrected chi connectivity index (χ1v) is 9.09. The standard InChI is InChI=1S/C14H30O.Na.H2O4S.H/c1-3-5-6-7-8-9-10-11-12-13-14-15-4-2;;1-5(2,3)4;/h3-14H2,1-2H3;;(H2,1,2,3,4);/q;+1;;-1. The molecule has 0 atom stereocenters. The maximum Gasteiger partial charge on any atom is 1.00 e. The topological polar surface area (TPSA) is 83.8 Å². The number of ether oxygens (including phenoxy) is 1. The van der Waals surface area contributed by atoms with Gasteiger partial charge in [-0.15, -0.1) is 0 Å². The Balaban J connectivity index is -0.000000201. The van der Waals surface area contributed by atoms with Crippen molar-refractivity contribution in [2.24, 2.45) is 0 Å². The van der Waals surface area contributed by atoms with Gasteiger partial charge in [0.1, 0.15) is 0 Å². The molecule has 0 radical (unpaired) electrons. The fraction of sp³-hybridized carbons (Fsp3) is 1.00. The van der Waals surface area contributed by atoms with Gasteiger partial charge in [0, 0.05) is 13.2 Å². The Morgan fingerprint density at radius 2 is 1.14 bits per heavy atom. The van der Waals surface area contributed by atoms with Gasteiger partial charge >= 0.3 is 40.0 Å². The van der Waals surface area contributed by atoms with Gasteiger partial charge in [-0.2, -0.15) is 8.42 Å². The predicted molar refractivity (Wildman–Crippen MR) is 83.6 cm³/mol. The van der Waals surface area contributed by atoms with Gasteiger partial charge < -0.3 is 6.16 Å². The normalized spacial score (nSPS) is 10.5. The summed E-state index contributed by atoms with van der Waals surface area (Å²) in [5.41, 5.74) is 0. The molecule has 0 saturated carbocycles. The monoisotopic (exact) mass is 336 g/mol. The fourth-order valence-electron chi connectivity index (χ4n) is 1.84. The van der Waals surface area contributed by atoms with E-state index in [1.807, 2.05) is 0 Å². The van der Waals surface area contributed by atoms with E-state index in [1.54, 1.807) is 0 Å². The van der Waals surface area contributed by atoms with E-state index in [0.717, 1.165) is 13.2 Å². The molecule has 0 aromatic rings. The molecular formula is C14H33NaO5S. The first-order valence-electron chi connectivity index (χ1n) is 7.69. The molecule has 0 heterocycles. The zero-order chi connectivity index (χ0) is 15.7. The Hall–Kier alpha value is 0.830. The predicted octanol–water partition coefficient (Wildman–Crippen LogP) is 1.41. The average molecular weight is 336 g/mol. The molecule has 0 spiro atoms. The molecule has 0 aliphatic heterocycles. The second-order valence-electron chi connectivity index (χ2n) is 4.83. The zero-order valence-electron chi connectivity index (χ0n) is 15.0. The van der Waals surface area contributed by atoms with Gasteiger partial charge in [0.25, 0.3) is 0 Å². The number of unbranched alkanes of at least 4 members (excludes halogenated alkanes) is 9. The van der Waals surface area contributed by atoms with Crippen molar-refractivity contribution in [3.05, 3.63) is 0 Å². The minimum Gasteiger partial charge on any atom is -1.00 e. The maximum absolute atomic E-state index is 8.74. The van der Waals surface area contributed by atoms with Crippen LogP contribution in [-0.2, 0) is 15.1 Å². The summed E-state index contributed by atoms with van der Waals surface area (Å²) < 4.78 is 36.9. The third-order valence-corrected chi connectivity index (χ3v) is 2.85. The van der Waals surface area contributed by atoms with Gasteiger partial charge in [-0.25, -0.2) is 0 Å². The van der Waals surface area contributed by atoms with Gasteiger partial charge in [-0.3, -0.25) is 9.11 Å². The van der Waals surface area contributed by atoms with Gasteiger partial charge in [0.05, 0.1) is 0 Å². The smallest absolute Gasteiger partial charge is 1.00 e. The average Bonchev–Trinajstić information content (AvgIpc) is 2.34. The van der Waals surface area contributed by atoms with E-state index in [9.17, 15) is 0 Å². The third kappa shape index (κ3) is 44.9. The van der Waals surface area contributed by atoms with Crippen LogP contribution in [0.25, 0.3) is 0 Å². The SMILES string of the molecule is CCCCCCCCCCCCOCC.O=S(=O)(O)O.[H-].[Na+]. The summed E-state index contributed by atoms with van der Waals surface area (Å²) >= 11 is 0. The van der Waals surface area contributed by atoms with Crippen LogP contribution in [0.2, 0.25) is 0 Å². The van der Waals surface area contributed by atoms with Crippen LogP contribution < -0.4 is 29.6 Å². The molecule has 0 aromatic heterocycles. The van der Waals surface area contributed by atoms with Crippen molar-refractivity contribution in [2.75, 3.05) is 13.2 Å². The molecule has 126 valence electrons. The Labute approximate surface area is 154 Å². The molecule has 0 unspecified atom stereocenters. The van der Waals surface area contributed by atoms with Crippen molar-refractivity contribution in [1.29, 1.82) is 0 Å². The van der Waals surface area contributed by atoms with Crippen molar-refractivity contribution in [3.8, 4) is 0 Å². The molecule has 7 heteroatoms. The van der Waals surface area contributed by atoms with Crippen LogP contribution in [0.3, 0.4) is 0 Å². The van der Waals surface area contributed by atoms with Crippen LogP contribution in [0.4, 0.5) is 0 Å². The Morgan fingerprint density at radius 3 is 1.48 bits per heavy atom. The molecule has 0 aromatic carbocycles. The van der Waals surface area contributed by atoms with Crippen molar-refractivity contribution < 1.29 is 53.2 Å². The number of hydrogen-bond acceptors (Lipinski definition) is 3. The van der Waals surface area contributed by atoms with E-state index in [0.29, 0.717) is 0 Å². The van der Waals surface area contributed by atoms with Crippen molar-refractivity contribution in [1.82, 2.24) is 0 Å². The molecule has 0 rings (SSSR count). The van der Waals surface area contributed by atoms with Crippen LogP contribution in [0.1, 0.15) is 79.5 Å². The van der Waals surface area contributed by atoms with Gasteiger partial charge in [-0.05, 0) is 13.3 Å². The van der Waals surface area contributed by atoms with Crippen LogP contribution in [-0.4, -0.2) is 30.7 Å². The molecule has 0 fully saturated rings. The summed E-state index contributed by atoms with van der Waals surface area (Å²) in [5.74, 6) is 0. The summed E-state index contributed by atoms with van der Waals surface area (Å²) in [5, 5.41) is 0. The van der Waals surface area contributed by atoms with Crippen LogP contribution >= 0.6 is 0 Å². The zero-order valence-corrected chi connectivity index (χ0v) is 16.8. The van der Waals surface area contributed by atoms with Crippen LogP contribution in [0.15, 0.2) is 0 Å². The summed E-state index contributed by atoms with van der Waals surface area (Å²) in [6.45, 7) is 6.18. The molecular weight excluding hydrogens is 303 g/mol. The summed E-state index contributed by atoms with van der Waals surface area (Å²) in [6.07, 6.45) is 14.0. The van der Waals surface area contributed by atoms with Crippen LogP contribution in [0.5, 0.6) is 0 Å². The third-order valence-electron chi connectivity index (χ3n) is 2.85. The van der Waals surface area contributed by atoms with Crippen molar-refractivity contribution in [2.45, 2.75) is 78.1 Å². The Bertz CT molecular complexity index is 256. The van der Waals surface area contributed by atoms with Gasteiger partial charge in [0.2, 0.25) is 0 Å². The minimum atomic E-state index is -4.67.